The van der Waals surface area contributed by atoms with Gasteiger partial charge in [-0.1, -0.05) is 26.0 Å². The molecule has 3 nitrogen and oxygen atoms in total. The summed E-state index contributed by atoms with van der Waals surface area (Å²) in [6.07, 6.45) is 4.61. The summed E-state index contributed by atoms with van der Waals surface area (Å²) in [5.74, 6) is 1.64. The van der Waals surface area contributed by atoms with E-state index in [0.717, 1.165) is 31.1 Å². The third-order valence-electron chi connectivity index (χ3n) is 5.10. The molecule has 1 atom stereocenters. The van der Waals surface area contributed by atoms with E-state index in [1.807, 2.05) is 12.1 Å². The summed E-state index contributed by atoms with van der Waals surface area (Å²) in [6, 6.07) is 8.79. The first kappa shape index (κ1) is 16.3. The SMILES string of the molecule is CCC(CC)(CO)CNC(c1ccc(OC)cc1)C1CC1. The number of methoxy groups -OCH3 is 1. The van der Waals surface area contributed by atoms with Gasteiger partial charge in [0.05, 0.1) is 7.11 Å². The van der Waals surface area contributed by atoms with Crippen molar-refractivity contribution in [2.75, 3.05) is 20.3 Å². The van der Waals surface area contributed by atoms with Crippen LogP contribution < -0.4 is 10.1 Å². The molecule has 0 radical (unpaired) electrons. The number of ether oxygens (including phenoxy) is 1. The van der Waals surface area contributed by atoms with Crippen molar-refractivity contribution in [3.8, 4) is 5.75 Å². The topological polar surface area (TPSA) is 41.5 Å². The largest absolute Gasteiger partial charge is 0.497 e. The molecule has 1 unspecified atom stereocenters. The van der Waals surface area contributed by atoms with E-state index in [-0.39, 0.29) is 12.0 Å². The van der Waals surface area contributed by atoms with Crippen LogP contribution in [0.4, 0.5) is 0 Å². The van der Waals surface area contributed by atoms with Gasteiger partial charge in [-0.2, -0.15) is 0 Å². The van der Waals surface area contributed by atoms with E-state index in [2.05, 4.69) is 31.3 Å². The van der Waals surface area contributed by atoms with Gasteiger partial charge in [-0.05, 0) is 49.3 Å². The molecule has 0 bridgehead atoms. The first-order valence-electron chi connectivity index (χ1n) is 8.16. The van der Waals surface area contributed by atoms with E-state index in [1.54, 1.807) is 7.11 Å². The van der Waals surface area contributed by atoms with E-state index >= 15 is 0 Å². The zero-order chi connectivity index (χ0) is 15.3. The normalized spacial score (nSPS) is 16.8. The summed E-state index contributed by atoms with van der Waals surface area (Å²) in [5.41, 5.74) is 1.34. The standard InChI is InChI=1S/C18H29NO2/c1-4-18(5-2,13-20)12-19-17(14-6-7-14)15-8-10-16(21-3)11-9-15/h8-11,14,17,19-20H,4-7,12-13H2,1-3H3. The molecule has 0 aliphatic heterocycles. The van der Waals surface area contributed by atoms with Crippen molar-refractivity contribution < 1.29 is 9.84 Å². The summed E-state index contributed by atoms with van der Waals surface area (Å²) < 4.78 is 5.24. The van der Waals surface area contributed by atoms with Gasteiger partial charge in [0.2, 0.25) is 0 Å². The average molecular weight is 291 g/mol. The lowest BCUT2D eigenvalue weighted by molar-refractivity contribution is 0.108. The van der Waals surface area contributed by atoms with Crippen LogP contribution in [0.3, 0.4) is 0 Å². The maximum atomic E-state index is 9.73. The Labute approximate surface area is 128 Å². The van der Waals surface area contributed by atoms with Crippen molar-refractivity contribution in [1.82, 2.24) is 5.32 Å². The molecule has 0 aromatic heterocycles. The minimum atomic E-state index is 0.0135. The predicted molar refractivity (Wildman–Crippen MR) is 86.6 cm³/mol. The fraction of sp³-hybridized carbons (Fsp3) is 0.667. The third kappa shape index (κ3) is 3.98. The van der Waals surface area contributed by atoms with Crippen LogP contribution in [0.5, 0.6) is 5.75 Å². The molecule has 1 aliphatic carbocycles. The van der Waals surface area contributed by atoms with Gasteiger partial charge in [0.15, 0.2) is 0 Å². The highest BCUT2D eigenvalue weighted by Crippen LogP contribution is 2.42. The maximum Gasteiger partial charge on any atom is 0.118 e. The Morgan fingerprint density at radius 3 is 2.29 bits per heavy atom. The molecule has 1 fully saturated rings. The summed E-state index contributed by atoms with van der Waals surface area (Å²) in [4.78, 5) is 0. The first-order chi connectivity index (χ1) is 10.2. The van der Waals surface area contributed by atoms with E-state index in [9.17, 15) is 5.11 Å². The minimum absolute atomic E-state index is 0.0135. The Kier molecular flexibility index (Phi) is 5.65. The monoisotopic (exact) mass is 291 g/mol. The van der Waals surface area contributed by atoms with Crippen LogP contribution in [0.2, 0.25) is 0 Å². The van der Waals surface area contributed by atoms with Crippen molar-refractivity contribution in [2.24, 2.45) is 11.3 Å². The maximum absolute atomic E-state index is 9.73. The Morgan fingerprint density at radius 1 is 1.24 bits per heavy atom. The second-order valence-corrected chi connectivity index (χ2v) is 6.33. The Hall–Kier alpha value is -1.06. The molecule has 2 rings (SSSR count). The Balaban J connectivity index is 2.05. The third-order valence-corrected chi connectivity index (χ3v) is 5.10. The molecular weight excluding hydrogens is 262 g/mol. The van der Waals surface area contributed by atoms with Crippen molar-refractivity contribution in [2.45, 2.75) is 45.6 Å². The summed E-state index contributed by atoms with van der Waals surface area (Å²) >= 11 is 0. The summed E-state index contributed by atoms with van der Waals surface area (Å²) in [5, 5.41) is 13.5. The predicted octanol–water partition coefficient (Wildman–Crippen LogP) is 3.53. The molecule has 1 aliphatic rings. The number of benzene rings is 1. The van der Waals surface area contributed by atoms with Crippen molar-refractivity contribution >= 4 is 0 Å². The van der Waals surface area contributed by atoms with Gasteiger partial charge in [-0.25, -0.2) is 0 Å². The molecule has 0 spiro atoms. The lowest BCUT2D eigenvalue weighted by Gasteiger charge is -2.32. The summed E-state index contributed by atoms with van der Waals surface area (Å²) in [6.45, 7) is 5.47. The highest BCUT2D eigenvalue weighted by atomic mass is 16.5. The fourth-order valence-electron chi connectivity index (χ4n) is 2.90. The van der Waals surface area contributed by atoms with Gasteiger partial charge in [-0.3, -0.25) is 0 Å². The highest BCUT2D eigenvalue weighted by molar-refractivity contribution is 5.30. The van der Waals surface area contributed by atoms with E-state index in [1.165, 1.54) is 18.4 Å². The molecule has 1 aromatic rings. The molecule has 118 valence electrons. The van der Waals surface area contributed by atoms with Crippen LogP contribution in [0.15, 0.2) is 24.3 Å². The number of aliphatic hydroxyl groups is 1. The number of nitrogens with one attached hydrogen (secondary N) is 1. The Bertz CT molecular complexity index is 413. The van der Waals surface area contributed by atoms with Gasteiger partial charge in [-0.15, -0.1) is 0 Å². The number of hydrogen-bond donors (Lipinski definition) is 2. The summed E-state index contributed by atoms with van der Waals surface area (Å²) in [7, 11) is 1.70. The van der Waals surface area contributed by atoms with Crippen LogP contribution in [0, 0.1) is 11.3 Å². The van der Waals surface area contributed by atoms with Gasteiger partial charge in [0.25, 0.3) is 0 Å². The number of aliphatic hydroxyl groups excluding tert-OH is 1. The van der Waals surface area contributed by atoms with Gasteiger partial charge < -0.3 is 15.2 Å². The van der Waals surface area contributed by atoms with Crippen LogP contribution in [0.25, 0.3) is 0 Å². The van der Waals surface area contributed by atoms with Crippen LogP contribution in [0.1, 0.15) is 51.1 Å². The van der Waals surface area contributed by atoms with Crippen molar-refractivity contribution in [3.63, 3.8) is 0 Å². The lowest BCUT2D eigenvalue weighted by Crippen LogP contribution is -2.38. The minimum Gasteiger partial charge on any atom is -0.497 e. The highest BCUT2D eigenvalue weighted by Gasteiger charge is 2.34. The number of hydrogen-bond acceptors (Lipinski definition) is 3. The zero-order valence-electron chi connectivity index (χ0n) is 13.6. The Morgan fingerprint density at radius 2 is 1.86 bits per heavy atom. The second kappa shape index (κ2) is 7.28. The van der Waals surface area contributed by atoms with Gasteiger partial charge in [0, 0.05) is 24.6 Å². The van der Waals surface area contributed by atoms with E-state index in [4.69, 9.17) is 4.74 Å². The van der Waals surface area contributed by atoms with Crippen molar-refractivity contribution in [3.05, 3.63) is 29.8 Å². The van der Waals surface area contributed by atoms with Gasteiger partial charge in [0.1, 0.15) is 5.75 Å². The molecule has 1 aromatic carbocycles. The zero-order valence-corrected chi connectivity index (χ0v) is 13.6. The van der Waals surface area contributed by atoms with E-state index < -0.39 is 0 Å². The van der Waals surface area contributed by atoms with Crippen LogP contribution >= 0.6 is 0 Å². The molecule has 21 heavy (non-hydrogen) atoms. The second-order valence-electron chi connectivity index (χ2n) is 6.33. The quantitative estimate of drug-likeness (QED) is 0.731. The molecule has 0 amide bonds. The first-order valence-corrected chi connectivity index (χ1v) is 8.16. The van der Waals surface area contributed by atoms with Gasteiger partial charge >= 0.3 is 0 Å². The average Bonchev–Trinajstić information content (AvgIpc) is 3.37. The fourth-order valence-corrected chi connectivity index (χ4v) is 2.90. The molecule has 0 saturated heterocycles. The molecule has 2 N–H and O–H groups in total. The van der Waals surface area contributed by atoms with Crippen LogP contribution in [-0.4, -0.2) is 25.4 Å². The smallest absolute Gasteiger partial charge is 0.118 e. The molecular formula is C18H29NO2. The van der Waals surface area contributed by atoms with E-state index in [0.29, 0.717) is 6.04 Å². The van der Waals surface area contributed by atoms with Crippen molar-refractivity contribution in [1.29, 1.82) is 0 Å². The molecule has 1 saturated carbocycles. The van der Waals surface area contributed by atoms with Crippen LogP contribution in [-0.2, 0) is 0 Å². The lowest BCUT2D eigenvalue weighted by atomic mass is 9.82. The number of rotatable bonds is 9. The molecule has 0 heterocycles. The molecule has 3 heteroatoms.